The smallest absolute Gasteiger partial charge is 0.306 e. The van der Waals surface area contributed by atoms with Crippen molar-refractivity contribution in [3.8, 4) is 0 Å². The maximum absolute atomic E-state index is 12.8. The van der Waals surface area contributed by atoms with E-state index in [0.29, 0.717) is 19.3 Å². The van der Waals surface area contributed by atoms with Crippen LogP contribution in [0.4, 0.5) is 0 Å². The van der Waals surface area contributed by atoms with Crippen molar-refractivity contribution in [1.82, 2.24) is 0 Å². The minimum atomic E-state index is -0.793. The molecule has 0 aromatic rings. The van der Waals surface area contributed by atoms with Gasteiger partial charge in [0.05, 0.1) is 0 Å². The molecule has 0 unspecified atom stereocenters. The summed E-state index contributed by atoms with van der Waals surface area (Å²) in [7, 11) is 0. The Bertz CT molecular complexity index is 1130. The fourth-order valence-electron chi connectivity index (χ4n) is 7.18. The molecule has 0 bridgehead atoms. The zero-order valence-corrected chi connectivity index (χ0v) is 41.3. The standard InChI is InChI=1S/C57H98O6/c1-4-7-10-13-16-19-22-25-28-31-34-37-40-43-46-49-55(58)61-52-54(63-57(60)51-48-45-42-39-36-33-30-27-24-21-18-15-12-9-6-3)53-62-56(59)50-47-44-41-38-35-32-29-26-23-20-17-14-11-8-5-2/h16-17,19-27,30,54H,4-15,18,28-29,31-53H2,1-3H3/b19-16-,20-17-,24-21-,25-22+,26-23+,30-27+. The molecule has 0 rings (SSSR count). The summed E-state index contributed by atoms with van der Waals surface area (Å²) in [5.74, 6) is -0.927. The summed E-state index contributed by atoms with van der Waals surface area (Å²) in [6.45, 7) is 6.53. The Balaban J connectivity index is 4.45. The number of hydrogen-bond donors (Lipinski definition) is 0. The van der Waals surface area contributed by atoms with Crippen LogP contribution in [-0.2, 0) is 28.6 Å². The first-order valence-electron chi connectivity index (χ1n) is 26.5. The molecule has 63 heavy (non-hydrogen) atoms. The van der Waals surface area contributed by atoms with E-state index < -0.39 is 6.10 Å². The largest absolute Gasteiger partial charge is 0.462 e. The first-order chi connectivity index (χ1) is 31.0. The summed E-state index contributed by atoms with van der Waals surface area (Å²) in [4.78, 5) is 38.0. The zero-order valence-electron chi connectivity index (χ0n) is 41.3. The van der Waals surface area contributed by atoms with E-state index >= 15 is 0 Å². The van der Waals surface area contributed by atoms with Crippen molar-refractivity contribution in [2.45, 2.75) is 258 Å². The molecule has 6 nitrogen and oxygen atoms in total. The zero-order chi connectivity index (χ0) is 45.8. The number of esters is 3. The van der Waals surface area contributed by atoms with Crippen LogP contribution in [0.5, 0.6) is 0 Å². The molecule has 0 amide bonds. The second kappa shape index (κ2) is 51.5. The van der Waals surface area contributed by atoms with Gasteiger partial charge in [-0.05, 0) is 96.3 Å². The molecule has 0 fully saturated rings. The first kappa shape index (κ1) is 59.9. The summed E-state index contributed by atoms with van der Waals surface area (Å²) < 4.78 is 16.8. The number of ether oxygens (including phenoxy) is 3. The Labute approximate surface area is 389 Å². The highest BCUT2D eigenvalue weighted by atomic mass is 16.6. The number of carbonyl (C=O) groups excluding carboxylic acids is 3. The molecule has 0 spiro atoms. The predicted octanol–water partition coefficient (Wildman–Crippen LogP) is 17.4. The predicted molar refractivity (Wildman–Crippen MR) is 270 cm³/mol. The van der Waals surface area contributed by atoms with E-state index in [4.69, 9.17) is 14.2 Å². The van der Waals surface area contributed by atoms with E-state index in [9.17, 15) is 14.4 Å². The second-order valence-electron chi connectivity index (χ2n) is 17.5. The van der Waals surface area contributed by atoms with Crippen molar-refractivity contribution in [2.24, 2.45) is 0 Å². The molecular formula is C57H98O6. The fraction of sp³-hybridized carbons (Fsp3) is 0.737. The fourth-order valence-corrected chi connectivity index (χ4v) is 7.18. The van der Waals surface area contributed by atoms with Crippen LogP contribution in [0, 0.1) is 0 Å². The van der Waals surface area contributed by atoms with Gasteiger partial charge in [-0.25, -0.2) is 0 Å². The molecule has 0 saturated carbocycles. The van der Waals surface area contributed by atoms with Gasteiger partial charge in [0.2, 0.25) is 0 Å². The van der Waals surface area contributed by atoms with Crippen LogP contribution < -0.4 is 0 Å². The lowest BCUT2D eigenvalue weighted by Gasteiger charge is -2.18. The van der Waals surface area contributed by atoms with E-state index in [-0.39, 0.29) is 31.1 Å². The Kier molecular flexibility index (Phi) is 48.9. The third-order valence-electron chi connectivity index (χ3n) is 11.2. The molecule has 0 aliphatic rings. The lowest BCUT2D eigenvalue weighted by Crippen LogP contribution is -2.30. The summed E-state index contributed by atoms with van der Waals surface area (Å²) in [6.07, 6.45) is 64.4. The van der Waals surface area contributed by atoms with Crippen LogP contribution in [0.15, 0.2) is 72.9 Å². The van der Waals surface area contributed by atoms with Gasteiger partial charge in [-0.2, -0.15) is 0 Å². The number of carbonyl (C=O) groups is 3. The topological polar surface area (TPSA) is 78.9 Å². The van der Waals surface area contributed by atoms with Gasteiger partial charge in [0, 0.05) is 19.3 Å². The van der Waals surface area contributed by atoms with E-state index in [1.54, 1.807) is 0 Å². The van der Waals surface area contributed by atoms with Crippen molar-refractivity contribution in [1.29, 1.82) is 0 Å². The van der Waals surface area contributed by atoms with Gasteiger partial charge in [0.15, 0.2) is 6.10 Å². The molecule has 6 heteroatoms. The highest BCUT2D eigenvalue weighted by molar-refractivity contribution is 5.71. The number of allylic oxidation sites excluding steroid dienone is 12. The van der Waals surface area contributed by atoms with Gasteiger partial charge >= 0.3 is 17.9 Å². The molecule has 0 atom stereocenters. The summed E-state index contributed by atoms with van der Waals surface area (Å²) in [5, 5.41) is 0. The molecule has 0 radical (unpaired) electrons. The molecule has 0 aromatic heterocycles. The van der Waals surface area contributed by atoms with Gasteiger partial charge in [0.25, 0.3) is 0 Å². The van der Waals surface area contributed by atoms with E-state index in [1.165, 1.54) is 116 Å². The van der Waals surface area contributed by atoms with E-state index in [1.807, 2.05) is 0 Å². The SMILES string of the molecule is CCCCC/C=C\C=C\CCCCCCCCC(=O)OCC(COC(=O)CCCCCCCC/C=C/C=C\CCCCC)OC(=O)CCCCCCC/C=C/C=C\CCCCCC. The Morgan fingerprint density at radius 1 is 0.317 bits per heavy atom. The molecule has 0 aliphatic heterocycles. The van der Waals surface area contributed by atoms with Gasteiger partial charge in [-0.1, -0.05) is 209 Å². The second-order valence-corrected chi connectivity index (χ2v) is 17.5. The number of rotatable bonds is 47. The van der Waals surface area contributed by atoms with Crippen molar-refractivity contribution in [2.75, 3.05) is 13.2 Å². The van der Waals surface area contributed by atoms with Crippen LogP contribution in [0.25, 0.3) is 0 Å². The number of hydrogen-bond acceptors (Lipinski definition) is 6. The van der Waals surface area contributed by atoms with Crippen molar-refractivity contribution in [3.05, 3.63) is 72.9 Å². The van der Waals surface area contributed by atoms with Crippen LogP contribution >= 0.6 is 0 Å². The van der Waals surface area contributed by atoms with Gasteiger partial charge in [-0.3, -0.25) is 14.4 Å². The minimum absolute atomic E-state index is 0.0920. The average Bonchev–Trinajstić information content (AvgIpc) is 3.28. The van der Waals surface area contributed by atoms with Crippen molar-refractivity contribution in [3.63, 3.8) is 0 Å². The maximum Gasteiger partial charge on any atom is 0.306 e. The lowest BCUT2D eigenvalue weighted by atomic mass is 10.1. The average molecular weight is 879 g/mol. The number of unbranched alkanes of at least 4 members (excludes halogenated alkanes) is 27. The minimum Gasteiger partial charge on any atom is -0.462 e. The Morgan fingerprint density at radius 3 is 0.873 bits per heavy atom. The third-order valence-corrected chi connectivity index (χ3v) is 11.2. The molecule has 362 valence electrons. The molecule has 0 saturated heterocycles. The van der Waals surface area contributed by atoms with E-state index in [0.717, 1.165) is 96.3 Å². The van der Waals surface area contributed by atoms with E-state index in [2.05, 4.69) is 93.7 Å². The highest BCUT2D eigenvalue weighted by Gasteiger charge is 2.19. The van der Waals surface area contributed by atoms with Crippen LogP contribution in [0.1, 0.15) is 252 Å². The summed E-state index contributed by atoms with van der Waals surface area (Å²) >= 11 is 0. The quantitative estimate of drug-likeness (QED) is 0.0262. The Hall–Kier alpha value is -3.15. The van der Waals surface area contributed by atoms with Crippen molar-refractivity contribution >= 4 is 17.9 Å². The van der Waals surface area contributed by atoms with Gasteiger partial charge in [0.1, 0.15) is 13.2 Å². The lowest BCUT2D eigenvalue weighted by molar-refractivity contribution is -0.167. The van der Waals surface area contributed by atoms with Crippen LogP contribution in [0.2, 0.25) is 0 Å². The molecule has 0 N–H and O–H groups in total. The summed E-state index contributed by atoms with van der Waals surface area (Å²) in [6, 6.07) is 0. The van der Waals surface area contributed by atoms with Crippen LogP contribution in [-0.4, -0.2) is 37.2 Å². The van der Waals surface area contributed by atoms with Gasteiger partial charge < -0.3 is 14.2 Å². The van der Waals surface area contributed by atoms with Gasteiger partial charge in [-0.15, -0.1) is 0 Å². The van der Waals surface area contributed by atoms with Crippen LogP contribution in [0.3, 0.4) is 0 Å². The first-order valence-corrected chi connectivity index (χ1v) is 26.5. The third kappa shape index (κ3) is 49.7. The van der Waals surface area contributed by atoms with Crippen molar-refractivity contribution < 1.29 is 28.6 Å². The normalized spacial score (nSPS) is 12.2. The monoisotopic (exact) mass is 879 g/mol. The highest BCUT2D eigenvalue weighted by Crippen LogP contribution is 2.14. The molecule has 0 aliphatic carbocycles. The Morgan fingerprint density at radius 2 is 0.556 bits per heavy atom. The molecule has 0 heterocycles. The molecule has 0 aromatic carbocycles. The maximum atomic E-state index is 12.8. The molecular weight excluding hydrogens is 781 g/mol. The summed E-state index contributed by atoms with van der Waals surface area (Å²) in [5.41, 5.74) is 0.